The van der Waals surface area contributed by atoms with Crippen LogP contribution < -0.4 is 20.9 Å². The number of carbonyl (C=O) groups is 1. The van der Waals surface area contributed by atoms with Gasteiger partial charge < -0.3 is 4.74 Å². The lowest BCUT2D eigenvalue weighted by Gasteiger charge is -2.10. The Hall–Kier alpha value is -3.46. The lowest BCUT2D eigenvalue weighted by atomic mass is 10.2. The van der Waals surface area contributed by atoms with Crippen LogP contribution in [0, 0.1) is 10.1 Å². The van der Waals surface area contributed by atoms with Crippen LogP contribution in [0.15, 0.2) is 54.6 Å². The van der Waals surface area contributed by atoms with Gasteiger partial charge in [-0.1, -0.05) is 12.1 Å². The summed E-state index contributed by atoms with van der Waals surface area (Å²) in [6.45, 7) is 0. The molecule has 0 aromatic heterocycles. The zero-order chi connectivity index (χ0) is 18.9. The van der Waals surface area contributed by atoms with E-state index in [1.165, 1.54) is 30.3 Å². The van der Waals surface area contributed by atoms with Gasteiger partial charge in [0.2, 0.25) is 5.91 Å². The van der Waals surface area contributed by atoms with Gasteiger partial charge in [0.05, 0.1) is 17.7 Å². The molecule has 0 aliphatic rings. The van der Waals surface area contributed by atoms with Crippen molar-refractivity contribution in [1.82, 2.24) is 10.7 Å². The minimum Gasteiger partial charge on any atom is -0.497 e. The van der Waals surface area contributed by atoms with E-state index >= 15 is 0 Å². The number of anilines is 1. The Labute approximate surface area is 155 Å². The van der Waals surface area contributed by atoms with Crippen LogP contribution in [-0.2, 0) is 4.79 Å². The van der Waals surface area contributed by atoms with Crippen LogP contribution in [0.4, 0.5) is 11.4 Å². The SMILES string of the molecule is COc1ccc(/C=C/C(=O)NC(=S)NNc2ccc([N+](=O)[O-])cc2)cc1. The molecule has 0 saturated carbocycles. The van der Waals surface area contributed by atoms with Gasteiger partial charge in [-0.15, -0.1) is 0 Å². The molecule has 26 heavy (non-hydrogen) atoms. The zero-order valence-electron chi connectivity index (χ0n) is 13.8. The Morgan fingerprint density at radius 1 is 1.15 bits per heavy atom. The Bertz CT molecular complexity index is 820. The molecule has 0 atom stereocenters. The van der Waals surface area contributed by atoms with Gasteiger partial charge in [-0.3, -0.25) is 31.1 Å². The number of methoxy groups -OCH3 is 1. The topological polar surface area (TPSA) is 106 Å². The van der Waals surface area contributed by atoms with Crippen LogP contribution in [0.3, 0.4) is 0 Å². The Morgan fingerprint density at radius 3 is 2.38 bits per heavy atom. The first kappa shape index (κ1) is 18.9. The number of non-ortho nitro benzene ring substituents is 1. The monoisotopic (exact) mass is 372 g/mol. The lowest BCUT2D eigenvalue weighted by molar-refractivity contribution is -0.384. The summed E-state index contributed by atoms with van der Waals surface area (Å²) in [6.07, 6.45) is 2.99. The lowest BCUT2D eigenvalue weighted by Crippen LogP contribution is -2.41. The first-order chi connectivity index (χ1) is 12.5. The van der Waals surface area contributed by atoms with Crippen molar-refractivity contribution in [2.24, 2.45) is 0 Å². The molecule has 3 N–H and O–H groups in total. The highest BCUT2D eigenvalue weighted by Gasteiger charge is 2.04. The van der Waals surface area contributed by atoms with E-state index in [1.54, 1.807) is 25.3 Å². The molecule has 0 fully saturated rings. The number of nitro benzene ring substituents is 1. The summed E-state index contributed by atoms with van der Waals surface area (Å²) in [5.74, 6) is 0.332. The maximum atomic E-state index is 11.8. The second-order valence-electron chi connectivity index (χ2n) is 4.98. The first-order valence-corrected chi connectivity index (χ1v) is 7.82. The van der Waals surface area contributed by atoms with Crippen molar-refractivity contribution in [3.63, 3.8) is 0 Å². The number of amides is 1. The third-order valence-corrected chi connectivity index (χ3v) is 3.38. The van der Waals surface area contributed by atoms with Crippen molar-refractivity contribution >= 4 is 40.7 Å². The van der Waals surface area contributed by atoms with Crippen LogP contribution in [0.2, 0.25) is 0 Å². The maximum Gasteiger partial charge on any atom is 0.269 e. The van der Waals surface area contributed by atoms with E-state index in [2.05, 4.69) is 16.2 Å². The Kier molecular flexibility index (Phi) is 6.63. The number of benzene rings is 2. The summed E-state index contributed by atoms with van der Waals surface area (Å²) in [7, 11) is 1.58. The van der Waals surface area contributed by atoms with E-state index in [0.29, 0.717) is 5.69 Å². The van der Waals surface area contributed by atoms with Gasteiger partial charge in [0, 0.05) is 18.2 Å². The summed E-state index contributed by atoms with van der Waals surface area (Å²) in [5, 5.41) is 13.1. The molecule has 0 bridgehead atoms. The van der Waals surface area contributed by atoms with E-state index in [-0.39, 0.29) is 10.8 Å². The van der Waals surface area contributed by atoms with Crippen LogP contribution >= 0.6 is 12.2 Å². The van der Waals surface area contributed by atoms with Crippen molar-refractivity contribution in [2.45, 2.75) is 0 Å². The molecule has 2 aromatic carbocycles. The molecule has 8 nitrogen and oxygen atoms in total. The predicted molar refractivity (Wildman–Crippen MR) is 103 cm³/mol. The van der Waals surface area contributed by atoms with Crippen molar-refractivity contribution in [1.29, 1.82) is 0 Å². The minimum atomic E-state index is -0.489. The van der Waals surface area contributed by atoms with Crippen molar-refractivity contribution < 1.29 is 14.5 Å². The predicted octanol–water partition coefficient (Wildman–Crippen LogP) is 2.63. The molecule has 0 aliphatic carbocycles. The van der Waals surface area contributed by atoms with Crippen molar-refractivity contribution in [2.75, 3.05) is 12.5 Å². The molecule has 2 aromatic rings. The zero-order valence-corrected chi connectivity index (χ0v) is 14.6. The van der Waals surface area contributed by atoms with Crippen LogP contribution in [0.1, 0.15) is 5.56 Å². The van der Waals surface area contributed by atoms with Crippen LogP contribution in [0.25, 0.3) is 6.08 Å². The third kappa shape index (κ3) is 5.87. The number of hydrogen-bond acceptors (Lipinski definition) is 6. The van der Waals surface area contributed by atoms with Gasteiger partial charge >= 0.3 is 0 Å². The number of nitro groups is 1. The minimum absolute atomic E-state index is 0.0184. The molecule has 9 heteroatoms. The number of nitrogens with one attached hydrogen (secondary N) is 3. The summed E-state index contributed by atoms with van der Waals surface area (Å²) < 4.78 is 5.06. The number of nitrogens with zero attached hydrogens (tertiary/aromatic N) is 1. The molecule has 0 aliphatic heterocycles. The van der Waals surface area contributed by atoms with Gasteiger partial charge in [-0.2, -0.15) is 0 Å². The second kappa shape index (κ2) is 9.14. The molecule has 0 heterocycles. The quantitative estimate of drug-likeness (QED) is 0.310. The standard InChI is InChI=1S/C17H16N4O4S/c1-25-15-9-2-12(3-10-15)4-11-16(22)18-17(26)20-19-13-5-7-14(8-6-13)21(23)24/h2-11,19H,1H3,(H2,18,20,22,26)/b11-4+. The highest BCUT2D eigenvalue weighted by molar-refractivity contribution is 7.80. The number of thiocarbonyl (C=S) groups is 1. The fourth-order valence-electron chi connectivity index (χ4n) is 1.87. The maximum absolute atomic E-state index is 11.8. The Balaban J connectivity index is 1.79. The Morgan fingerprint density at radius 2 is 1.81 bits per heavy atom. The molecule has 0 radical (unpaired) electrons. The number of hydrogen-bond donors (Lipinski definition) is 3. The second-order valence-corrected chi connectivity index (χ2v) is 5.39. The highest BCUT2D eigenvalue weighted by Crippen LogP contribution is 2.14. The average Bonchev–Trinajstić information content (AvgIpc) is 2.65. The third-order valence-electron chi connectivity index (χ3n) is 3.18. The van der Waals surface area contributed by atoms with E-state index in [9.17, 15) is 14.9 Å². The van der Waals surface area contributed by atoms with Crippen molar-refractivity contribution in [3.05, 3.63) is 70.3 Å². The average molecular weight is 372 g/mol. The van der Waals surface area contributed by atoms with E-state index < -0.39 is 10.8 Å². The van der Waals surface area contributed by atoms with Gasteiger partial charge in [-0.05, 0) is 48.1 Å². The normalized spacial score (nSPS) is 10.2. The summed E-state index contributed by atoms with van der Waals surface area (Å²) in [4.78, 5) is 21.9. The number of carbonyl (C=O) groups excluding carboxylic acids is 1. The molecule has 134 valence electrons. The van der Waals surface area contributed by atoms with Gasteiger partial charge in [0.1, 0.15) is 5.75 Å². The highest BCUT2D eigenvalue weighted by atomic mass is 32.1. The van der Waals surface area contributed by atoms with Crippen LogP contribution in [-0.4, -0.2) is 23.1 Å². The molecule has 0 saturated heterocycles. The summed E-state index contributed by atoms with van der Waals surface area (Å²) in [6, 6.07) is 12.9. The fraction of sp³-hybridized carbons (Fsp3) is 0.0588. The van der Waals surface area contributed by atoms with Gasteiger partial charge in [-0.25, -0.2) is 0 Å². The summed E-state index contributed by atoms with van der Waals surface area (Å²) in [5.41, 5.74) is 6.73. The smallest absolute Gasteiger partial charge is 0.269 e. The molecule has 1 amide bonds. The molecular formula is C17H16N4O4S. The molecule has 0 spiro atoms. The number of rotatable bonds is 6. The van der Waals surface area contributed by atoms with Crippen LogP contribution in [0.5, 0.6) is 5.75 Å². The van der Waals surface area contributed by atoms with E-state index in [0.717, 1.165) is 11.3 Å². The fourth-order valence-corrected chi connectivity index (χ4v) is 2.02. The largest absolute Gasteiger partial charge is 0.497 e. The summed E-state index contributed by atoms with van der Waals surface area (Å²) >= 11 is 5.00. The molecular weight excluding hydrogens is 356 g/mol. The van der Waals surface area contributed by atoms with Gasteiger partial charge in [0.15, 0.2) is 5.11 Å². The number of ether oxygens (including phenoxy) is 1. The van der Waals surface area contributed by atoms with Crippen molar-refractivity contribution in [3.8, 4) is 5.75 Å². The number of hydrazine groups is 1. The first-order valence-electron chi connectivity index (χ1n) is 7.41. The van der Waals surface area contributed by atoms with Gasteiger partial charge in [0.25, 0.3) is 5.69 Å². The molecule has 2 rings (SSSR count). The van der Waals surface area contributed by atoms with E-state index in [1.807, 2.05) is 12.1 Å². The molecule has 0 unspecified atom stereocenters. The van der Waals surface area contributed by atoms with E-state index in [4.69, 9.17) is 17.0 Å².